The molecule has 1 heterocycles. The summed E-state index contributed by atoms with van der Waals surface area (Å²) in [7, 11) is 0. The van der Waals surface area contributed by atoms with Gasteiger partial charge in [-0.1, -0.05) is 0 Å². The van der Waals surface area contributed by atoms with Crippen LogP contribution in [0.25, 0.3) is 0 Å². The Morgan fingerprint density at radius 1 is 1.69 bits per heavy atom. The molecule has 1 rings (SSSR count). The van der Waals surface area contributed by atoms with Gasteiger partial charge in [-0.15, -0.1) is 0 Å². The summed E-state index contributed by atoms with van der Waals surface area (Å²) in [6.07, 6.45) is 1.48. The SMILES string of the molecule is CCOc1ccc(NC(N)=O)cn1. The summed E-state index contributed by atoms with van der Waals surface area (Å²) < 4.78 is 5.11. The molecule has 1 aromatic rings. The molecule has 3 N–H and O–H groups in total. The Kier molecular flexibility index (Phi) is 3.08. The fourth-order valence-electron chi connectivity index (χ4n) is 0.830. The molecule has 0 unspecified atom stereocenters. The summed E-state index contributed by atoms with van der Waals surface area (Å²) in [5.74, 6) is 0.525. The quantitative estimate of drug-likeness (QED) is 0.729. The van der Waals surface area contributed by atoms with Crippen molar-refractivity contribution in [3.05, 3.63) is 18.3 Å². The number of hydrogen-bond acceptors (Lipinski definition) is 3. The predicted molar refractivity (Wildman–Crippen MR) is 48.6 cm³/mol. The number of carbonyl (C=O) groups is 1. The lowest BCUT2D eigenvalue weighted by molar-refractivity contribution is 0.259. The molecule has 2 amide bonds. The van der Waals surface area contributed by atoms with Crippen molar-refractivity contribution in [3.63, 3.8) is 0 Å². The van der Waals surface area contributed by atoms with Crippen LogP contribution >= 0.6 is 0 Å². The molecule has 0 aliphatic rings. The van der Waals surface area contributed by atoms with Crippen LogP contribution in [-0.2, 0) is 0 Å². The molecule has 5 heteroatoms. The maximum atomic E-state index is 10.4. The molecule has 0 saturated heterocycles. The Morgan fingerprint density at radius 2 is 2.46 bits per heavy atom. The van der Waals surface area contributed by atoms with Crippen molar-refractivity contribution >= 4 is 11.7 Å². The number of nitrogens with two attached hydrogens (primary N) is 1. The maximum absolute atomic E-state index is 10.4. The number of anilines is 1. The van der Waals surface area contributed by atoms with E-state index in [2.05, 4.69) is 10.3 Å². The summed E-state index contributed by atoms with van der Waals surface area (Å²) in [4.78, 5) is 14.4. The van der Waals surface area contributed by atoms with Gasteiger partial charge in [0.25, 0.3) is 0 Å². The van der Waals surface area contributed by atoms with Crippen LogP contribution in [0.15, 0.2) is 18.3 Å². The van der Waals surface area contributed by atoms with Crippen LogP contribution in [0.4, 0.5) is 10.5 Å². The lowest BCUT2D eigenvalue weighted by atomic mass is 10.4. The topological polar surface area (TPSA) is 77.2 Å². The van der Waals surface area contributed by atoms with Crippen molar-refractivity contribution in [2.75, 3.05) is 11.9 Å². The first kappa shape index (κ1) is 9.31. The highest BCUT2D eigenvalue weighted by Gasteiger charge is 1.97. The number of urea groups is 1. The lowest BCUT2D eigenvalue weighted by Crippen LogP contribution is -2.19. The van der Waals surface area contributed by atoms with Gasteiger partial charge >= 0.3 is 6.03 Å². The zero-order valence-corrected chi connectivity index (χ0v) is 7.28. The molecule has 0 saturated carbocycles. The van der Waals surface area contributed by atoms with E-state index in [0.29, 0.717) is 18.2 Å². The van der Waals surface area contributed by atoms with Gasteiger partial charge in [0.1, 0.15) is 0 Å². The van der Waals surface area contributed by atoms with Crippen molar-refractivity contribution < 1.29 is 9.53 Å². The maximum Gasteiger partial charge on any atom is 0.316 e. The van der Waals surface area contributed by atoms with E-state index in [9.17, 15) is 4.79 Å². The van der Waals surface area contributed by atoms with E-state index in [0.717, 1.165) is 0 Å². The number of hydrogen-bond donors (Lipinski definition) is 2. The van der Waals surface area contributed by atoms with Gasteiger partial charge in [-0.3, -0.25) is 0 Å². The molecule has 0 fully saturated rings. The first-order valence-electron chi connectivity index (χ1n) is 3.87. The average molecular weight is 181 g/mol. The van der Waals surface area contributed by atoms with Crippen LogP contribution in [0.2, 0.25) is 0 Å². The van der Waals surface area contributed by atoms with Gasteiger partial charge in [-0.05, 0) is 13.0 Å². The molecule has 0 aliphatic carbocycles. The van der Waals surface area contributed by atoms with Gasteiger partial charge < -0.3 is 15.8 Å². The van der Waals surface area contributed by atoms with Gasteiger partial charge in [0.2, 0.25) is 5.88 Å². The van der Waals surface area contributed by atoms with Crippen molar-refractivity contribution in [1.29, 1.82) is 0 Å². The minimum absolute atomic E-state index is 0.525. The lowest BCUT2D eigenvalue weighted by Gasteiger charge is -2.03. The number of aromatic nitrogens is 1. The molecule has 0 atom stereocenters. The average Bonchev–Trinajstić information content (AvgIpc) is 2.08. The minimum Gasteiger partial charge on any atom is -0.478 e. The van der Waals surface area contributed by atoms with E-state index in [1.54, 1.807) is 12.1 Å². The standard InChI is InChI=1S/C8H11N3O2/c1-2-13-7-4-3-6(5-10-7)11-8(9)12/h3-5H,2H2,1H3,(H3,9,11,12). The molecule has 13 heavy (non-hydrogen) atoms. The zero-order chi connectivity index (χ0) is 9.68. The van der Waals surface area contributed by atoms with Crippen molar-refractivity contribution in [3.8, 4) is 5.88 Å². The molecule has 0 spiro atoms. The molecule has 1 aromatic heterocycles. The second-order valence-corrected chi connectivity index (χ2v) is 2.31. The largest absolute Gasteiger partial charge is 0.478 e. The van der Waals surface area contributed by atoms with Gasteiger partial charge in [0, 0.05) is 6.07 Å². The fraction of sp³-hybridized carbons (Fsp3) is 0.250. The highest BCUT2D eigenvalue weighted by Crippen LogP contribution is 2.10. The molecule has 0 aromatic carbocycles. The Balaban J connectivity index is 2.64. The van der Waals surface area contributed by atoms with Crippen molar-refractivity contribution in [1.82, 2.24) is 4.98 Å². The van der Waals surface area contributed by atoms with Gasteiger partial charge in [0.05, 0.1) is 18.5 Å². The van der Waals surface area contributed by atoms with Crippen molar-refractivity contribution in [2.24, 2.45) is 5.73 Å². The molecule has 0 radical (unpaired) electrons. The predicted octanol–water partition coefficient (Wildman–Crippen LogP) is 0.971. The number of pyridine rings is 1. The third-order valence-electron chi connectivity index (χ3n) is 1.30. The van der Waals surface area contributed by atoms with Crippen LogP contribution in [0.3, 0.4) is 0 Å². The molecular weight excluding hydrogens is 170 g/mol. The number of amides is 2. The monoisotopic (exact) mass is 181 g/mol. The number of rotatable bonds is 3. The Bertz CT molecular complexity index is 284. The number of nitrogens with zero attached hydrogens (tertiary/aromatic N) is 1. The third kappa shape index (κ3) is 2.98. The molecule has 0 aliphatic heterocycles. The van der Waals surface area contributed by atoms with Gasteiger partial charge in [0.15, 0.2) is 0 Å². The van der Waals surface area contributed by atoms with Crippen LogP contribution < -0.4 is 15.8 Å². The summed E-state index contributed by atoms with van der Waals surface area (Å²) in [6.45, 7) is 2.44. The van der Waals surface area contributed by atoms with Gasteiger partial charge in [-0.2, -0.15) is 0 Å². The summed E-state index contributed by atoms with van der Waals surface area (Å²) >= 11 is 0. The number of carbonyl (C=O) groups excluding carboxylic acids is 1. The first-order valence-corrected chi connectivity index (χ1v) is 3.87. The highest BCUT2D eigenvalue weighted by molar-refractivity contribution is 5.87. The summed E-state index contributed by atoms with van der Waals surface area (Å²) in [5, 5.41) is 2.39. The summed E-state index contributed by atoms with van der Waals surface area (Å²) in [5.41, 5.74) is 5.46. The second-order valence-electron chi connectivity index (χ2n) is 2.31. The normalized spacial score (nSPS) is 9.31. The second kappa shape index (κ2) is 4.30. The Labute approximate surface area is 75.9 Å². The first-order chi connectivity index (χ1) is 6.22. The van der Waals surface area contributed by atoms with Crippen molar-refractivity contribution in [2.45, 2.75) is 6.92 Å². The molecular formula is C8H11N3O2. The molecule has 0 bridgehead atoms. The summed E-state index contributed by atoms with van der Waals surface area (Å²) in [6, 6.07) is 2.73. The Hall–Kier alpha value is -1.78. The van der Waals surface area contributed by atoms with Crippen LogP contribution in [0.5, 0.6) is 5.88 Å². The molecule has 5 nitrogen and oxygen atoms in total. The number of nitrogens with one attached hydrogen (secondary N) is 1. The van der Waals surface area contributed by atoms with Gasteiger partial charge in [-0.25, -0.2) is 9.78 Å². The van der Waals surface area contributed by atoms with Crippen LogP contribution in [0.1, 0.15) is 6.92 Å². The number of primary amides is 1. The van der Waals surface area contributed by atoms with Crippen LogP contribution in [0, 0.1) is 0 Å². The van der Waals surface area contributed by atoms with E-state index < -0.39 is 6.03 Å². The van der Waals surface area contributed by atoms with E-state index in [1.807, 2.05) is 6.92 Å². The molecule has 70 valence electrons. The highest BCUT2D eigenvalue weighted by atomic mass is 16.5. The Morgan fingerprint density at radius 3 is 2.92 bits per heavy atom. The zero-order valence-electron chi connectivity index (χ0n) is 7.28. The smallest absolute Gasteiger partial charge is 0.316 e. The minimum atomic E-state index is -0.606. The van der Waals surface area contributed by atoms with E-state index >= 15 is 0 Å². The van der Waals surface area contributed by atoms with E-state index in [4.69, 9.17) is 10.5 Å². The fourth-order valence-corrected chi connectivity index (χ4v) is 0.830. The van der Waals surface area contributed by atoms with Crippen LogP contribution in [-0.4, -0.2) is 17.6 Å². The van der Waals surface area contributed by atoms with E-state index in [-0.39, 0.29) is 0 Å². The van der Waals surface area contributed by atoms with E-state index in [1.165, 1.54) is 6.20 Å². The third-order valence-corrected chi connectivity index (χ3v) is 1.30. The number of ether oxygens (including phenoxy) is 1.